The van der Waals surface area contributed by atoms with Crippen LogP contribution in [0.5, 0.6) is 5.75 Å². The molecule has 1 N–H and O–H groups in total. The van der Waals surface area contributed by atoms with Gasteiger partial charge in [0.05, 0.1) is 0 Å². The Hall–Kier alpha value is -1.18. The molecule has 1 heterocycles. The van der Waals surface area contributed by atoms with Crippen molar-refractivity contribution in [3.05, 3.63) is 23.3 Å². The maximum Gasteiger partial charge on any atom is 0.121 e. The highest BCUT2D eigenvalue weighted by molar-refractivity contribution is 5.69. The Kier molecular flexibility index (Phi) is 2.88. The van der Waals surface area contributed by atoms with Gasteiger partial charge in [0.15, 0.2) is 0 Å². The normalized spacial score (nSPS) is 18.7. The zero-order valence-electron chi connectivity index (χ0n) is 12.5. The molecule has 1 aliphatic rings. The largest absolute Gasteiger partial charge is 0.508 e. The molecule has 0 amide bonds. The highest BCUT2D eigenvalue weighted by Crippen LogP contribution is 2.48. The number of nitrogens with zero attached hydrogens (tertiary/aromatic N) is 1. The van der Waals surface area contributed by atoms with Gasteiger partial charge in [-0.15, -0.1) is 0 Å². The van der Waals surface area contributed by atoms with Crippen molar-refractivity contribution in [1.82, 2.24) is 0 Å². The molecule has 100 valence electrons. The molecular weight excluding hydrogens is 222 g/mol. The molecule has 1 aromatic rings. The van der Waals surface area contributed by atoms with Crippen molar-refractivity contribution in [1.29, 1.82) is 0 Å². The number of anilines is 1. The van der Waals surface area contributed by atoms with Crippen LogP contribution >= 0.6 is 0 Å². The first kappa shape index (κ1) is 13.3. The maximum atomic E-state index is 10.3. The smallest absolute Gasteiger partial charge is 0.121 e. The Morgan fingerprint density at radius 3 is 2.39 bits per heavy atom. The fourth-order valence-electron chi connectivity index (χ4n) is 2.93. The number of aromatic hydroxyl groups is 1. The first-order valence-electron chi connectivity index (χ1n) is 6.72. The molecule has 0 unspecified atom stereocenters. The zero-order chi connectivity index (χ0) is 13.7. The van der Waals surface area contributed by atoms with Gasteiger partial charge >= 0.3 is 0 Å². The quantitative estimate of drug-likeness (QED) is 0.753. The van der Waals surface area contributed by atoms with Gasteiger partial charge in [-0.1, -0.05) is 40.7 Å². The monoisotopic (exact) mass is 247 g/mol. The van der Waals surface area contributed by atoms with Crippen molar-refractivity contribution < 1.29 is 5.11 Å². The van der Waals surface area contributed by atoms with E-state index in [4.69, 9.17) is 0 Å². The molecule has 2 rings (SSSR count). The molecule has 0 saturated carbocycles. The second kappa shape index (κ2) is 3.91. The fourth-order valence-corrected chi connectivity index (χ4v) is 2.93. The Labute approximate surface area is 111 Å². The van der Waals surface area contributed by atoms with Gasteiger partial charge in [-0.05, 0) is 28.9 Å². The van der Waals surface area contributed by atoms with Crippen LogP contribution in [0, 0.1) is 0 Å². The van der Waals surface area contributed by atoms with E-state index >= 15 is 0 Å². The predicted octanol–water partition coefficient (Wildman–Crippen LogP) is 3.81. The number of phenolic OH excluding ortho intramolecular Hbond substituents is 1. The third kappa shape index (κ3) is 1.98. The van der Waals surface area contributed by atoms with Crippen LogP contribution in [0.2, 0.25) is 0 Å². The molecule has 0 spiro atoms. The molecule has 0 saturated heterocycles. The summed E-state index contributed by atoms with van der Waals surface area (Å²) in [7, 11) is 2.13. The van der Waals surface area contributed by atoms with Crippen LogP contribution in [0.25, 0.3) is 0 Å². The average Bonchev–Trinajstić information content (AvgIpc) is 2.22. The van der Waals surface area contributed by atoms with Gasteiger partial charge in [0.2, 0.25) is 0 Å². The van der Waals surface area contributed by atoms with Crippen molar-refractivity contribution in [3.63, 3.8) is 0 Å². The van der Waals surface area contributed by atoms with Crippen LogP contribution in [0.1, 0.15) is 52.2 Å². The van der Waals surface area contributed by atoms with Gasteiger partial charge in [-0.25, -0.2) is 0 Å². The number of hydrogen-bond donors (Lipinski definition) is 1. The summed E-state index contributed by atoms with van der Waals surface area (Å²) in [6.07, 6.45) is 1.08. The summed E-state index contributed by atoms with van der Waals surface area (Å²) in [5.74, 6) is 0.439. The van der Waals surface area contributed by atoms with Gasteiger partial charge in [-0.2, -0.15) is 0 Å². The van der Waals surface area contributed by atoms with E-state index in [0.717, 1.165) is 18.5 Å². The minimum absolute atomic E-state index is 0.0488. The van der Waals surface area contributed by atoms with Crippen LogP contribution in [0.3, 0.4) is 0 Å². The number of phenols is 1. The lowest BCUT2D eigenvalue weighted by molar-refractivity contribution is 0.407. The molecule has 2 nitrogen and oxygen atoms in total. The number of hydrogen-bond acceptors (Lipinski definition) is 2. The van der Waals surface area contributed by atoms with Crippen molar-refractivity contribution in [2.75, 3.05) is 18.5 Å². The van der Waals surface area contributed by atoms with E-state index in [1.807, 2.05) is 6.07 Å². The van der Waals surface area contributed by atoms with E-state index in [9.17, 15) is 5.11 Å². The van der Waals surface area contributed by atoms with E-state index in [0.29, 0.717) is 5.75 Å². The first-order chi connectivity index (χ1) is 8.14. The van der Waals surface area contributed by atoms with E-state index in [2.05, 4.69) is 52.6 Å². The lowest BCUT2D eigenvalue weighted by Gasteiger charge is -2.42. The van der Waals surface area contributed by atoms with Gasteiger partial charge in [0.25, 0.3) is 0 Å². The Bertz CT molecular complexity index is 469. The second-order valence-electron chi connectivity index (χ2n) is 7.16. The van der Waals surface area contributed by atoms with Crippen molar-refractivity contribution in [2.45, 2.75) is 51.9 Å². The zero-order valence-corrected chi connectivity index (χ0v) is 12.5. The summed E-state index contributed by atoms with van der Waals surface area (Å²) in [5, 5.41) is 10.3. The molecule has 1 aliphatic heterocycles. The van der Waals surface area contributed by atoms with Crippen molar-refractivity contribution >= 4 is 5.69 Å². The van der Waals surface area contributed by atoms with Crippen LogP contribution < -0.4 is 4.90 Å². The van der Waals surface area contributed by atoms with E-state index in [-0.39, 0.29) is 10.8 Å². The van der Waals surface area contributed by atoms with E-state index in [1.54, 1.807) is 0 Å². The van der Waals surface area contributed by atoms with E-state index < -0.39 is 0 Å². The average molecular weight is 247 g/mol. The van der Waals surface area contributed by atoms with Gasteiger partial charge in [0.1, 0.15) is 5.75 Å². The molecule has 0 radical (unpaired) electrons. The molecule has 0 atom stereocenters. The highest BCUT2D eigenvalue weighted by Gasteiger charge is 2.36. The van der Waals surface area contributed by atoms with Crippen LogP contribution in [0.15, 0.2) is 12.1 Å². The number of rotatable bonds is 0. The molecule has 2 heteroatoms. The van der Waals surface area contributed by atoms with Crippen molar-refractivity contribution in [3.8, 4) is 5.75 Å². The summed E-state index contributed by atoms with van der Waals surface area (Å²) in [5.41, 5.74) is 3.82. The molecule has 1 aromatic carbocycles. The Morgan fingerprint density at radius 2 is 1.83 bits per heavy atom. The topological polar surface area (TPSA) is 23.5 Å². The molecule has 0 fully saturated rings. The summed E-state index contributed by atoms with van der Waals surface area (Å²) >= 11 is 0. The molecule has 0 aromatic heterocycles. The first-order valence-corrected chi connectivity index (χ1v) is 6.72. The maximum absolute atomic E-state index is 10.3. The fraction of sp³-hybridized carbons (Fsp3) is 0.625. The lowest BCUT2D eigenvalue weighted by atomic mass is 9.73. The van der Waals surface area contributed by atoms with Gasteiger partial charge in [-0.3, -0.25) is 0 Å². The molecule has 18 heavy (non-hydrogen) atoms. The SMILES string of the molecule is CN1CCC(C)(C)c2c(O)ccc(C(C)(C)C)c21. The number of benzene rings is 1. The Balaban J connectivity index is 2.77. The summed E-state index contributed by atoms with van der Waals surface area (Å²) < 4.78 is 0. The van der Waals surface area contributed by atoms with Gasteiger partial charge < -0.3 is 10.0 Å². The van der Waals surface area contributed by atoms with Crippen LogP contribution in [-0.2, 0) is 10.8 Å². The standard InChI is InChI=1S/C16H25NO/c1-15(2,3)11-7-8-12(18)13-14(11)17(6)10-9-16(13,4)5/h7-8,18H,9-10H2,1-6H3. The summed E-state index contributed by atoms with van der Waals surface area (Å²) in [6, 6.07) is 3.94. The molecule has 0 bridgehead atoms. The minimum atomic E-state index is 0.0488. The molecule has 0 aliphatic carbocycles. The van der Waals surface area contributed by atoms with E-state index in [1.165, 1.54) is 11.3 Å². The highest BCUT2D eigenvalue weighted by atomic mass is 16.3. The minimum Gasteiger partial charge on any atom is -0.508 e. The number of fused-ring (bicyclic) bond motifs is 1. The van der Waals surface area contributed by atoms with Crippen molar-refractivity contribution in [2.24, 2.45) is 0 Å². The second-order valence-corrected chi connectivity index (χ2v) is 7.16. The third-order valence-electron chi connectivity index (χ3n) is 4.09. The lowest BCUT2D eigenvalue weighted by Crippen LogP contribution is -2.37. The molecular formula is C16H25NO. The summed E-state index contributed by atoms with van der Waals surface area (Å²) in [6.45, 7) is 12.2. The third-order valence-corrected chi connectivity index (χ3v) is 4.09. The summed E-state index contributed by atoms with van der Waals surface area (Å²) in [4.78, 5) is 2.29. The van der Waals surface area contributed by atoms with Crippen LogP contribution in [0.4, 0.5) is 5.69 Å². The predicted molar refractivity (Wildman–Crippen MR) is 77.7 cm³/mol. The Morgan fingerprint density at radius 1 is 1.22 bits per heavy atom. The van der Waals surface area contributed by atoms with Gasteiger partial charge in [0, 0.05) is 24.8 Å². The van der Waals surface area contributed by atoms with Crippen LogP contribution in [-0.4, -0.2) is 18.7 Å².